The van der Waals surface area contributed by atoms with Crippen molar-refractivity contribution in [1.82, 2.24) is 29.5 Å². The molecule has 23 heavy (non-hydrogen) atoms. The zero-order valence-electron chi connectivity index (χ0n) is 13.4. The first-order valence-corrected chi connectivity index (χ1v) is 7.98. The molecule has 0 N–H and O–H groups in total. The fourth-order valence-corrected chi connectivity index (χ4v) is 2.47. The molecule has 0 saturated heterocycles. The van der Waals surface area contributed by atoms with Gasteiger partial charge in [-0.05, 0) is 18.6 Å². The predicted molar refractivity (Wildman–Crippen MR) is 88.9 cm³/mol. The first-order valence-electron chi connectivity index (χ1n) is 7.60. The fourth-order valence-electron chi connectivity index (χ4n) is 2.31. The molecule has 3 aromatic heterocycles. The summed E-state index contributed by atoms with van der Waals surface area (Å²) in [7, 11) is 0. The van der Waals surface area contributed by atoms with Gasteiger partial charge in [-0.15, -0.1) is 5.10 Å². The molecule has 6 nitrogen and oxygen atoms in total. The van der Waals surface area contributed by atoms with Crippen LogP contribution in [-0.4, -0.2) is 29.5 Å². The van der Waals surface area contributed by atoms with Gasteiger partial charge in [0.1, 0.15) is 5.82 Å². The summed E-state index contributed by atoms with van der Waals surface area (Å²) in [5.41, 5.74) is 1.07. The lowest BCUT2D eigenvalue weighted by Crippen LogP contribution is -2.10. The average molecular weight is 331 g/mol. The van der Waals surface area contributed by atoms with E-state index in [0.717, 1.165) is 23.0 Å². The number of nitrogens with zero attached hydrogens (tertiary/aromatic N) is 6. The summed E-state index contributed by atoms with van der Waals surface area (Å²) >= 11 is 5.91. The lowest BCUT2D eigenvalue weighted by molar-refractivity contribution is 0.589. The van der Waals surface area contributed by atoms with Gasteiger partial charge in [0.05, 0.1) is 11.2 Å². The second kappa shape index (κ2) is 6.50. The minimum Gasteiger partial charge on any atom is -0.271 e. The highest BCUT2D eigenvalue weighted by molar-refractivity contribution is 6.30. The third kappa shape index (κ3) is 3.42. The second-order valence-corrected chi connectivity index (χ2v) is 6.20. The maximum absolute atomic E-state index is 5.91. The molecule has 3 rings (SSSR count). The Labute approximate surface area is 140 Å². The normalized spacial score (nSPS) is 11.3. The predicted octanol–water partition coefficient (Wildman–Crippen LogP) is 3.19. The molecule has 0 fully saturated rings. The minimum absolute atomic E-state index is 0.262. The molecule has 0 aliphatic heterocycles. The molecule has 0 aromatic carbocycles. The third-order valence-corrected chi connectivity index (χ3v) is 3.75. The Balaban J connectivity index is 1.93. The van der Waals surface area contributed by atoms with E-state index in [1.165, 1.54) is 0 Å². The third-order valence-electron chi connectivity index (χ3n) is 3.56. The molecule has 120 valence electrons. The highest BCUT2D eigenvalue weighted by atomic mass is 35.5. The molecule has 0 aliphatic rings. The van der Waals surface area contributed by atoms with Crippen LogP contribution in [0.1, 0.15) is 37.0 Å². The van der Waals surface area contributed by atoms with Crippen LogP contribution in [0.2, 0.25) is 5.02 Å². The topological polar surface area (TPSA) is 61.4 Å². The van der Waals surface area contributed by atoms with Gasteiger partial charge in [0.15, 0.2) is 11.6 Å². The van der Waals surface area contributed by atoms with Crippen molar-refractivity contribution in [2.24, 2.45) is 0 Å². The summed E-state index contributed by atoms with van der Waals surface area (Å²) in [4.78, 5) is 9.14. The van der Waals surface area contributed by atoms with Gasteiger partial charge in [0.2, 0.25) is 0 Å². The van der Waals surface area contributed by atoms with Gasteiger partial charge in [-0.2, -0.15) is 9.78 Å². The molecule has 3 heterocycles. The van der Waals surface area contributed by atoms with E-state index in [1.54, 1.807) is 18.6 Å². The summed E-state index contributed by atoms with van der Waals surface area (Å²) in [6.45, 7) is 6.88. The highest BCUT2D eigenvalue weighted by Crippen LogP contribution is 2.17. The zero-order valence-corrected chi connectivity index (χ0v) is 14.2. The zero-order chi connectivity index (χ0) is 16.4. The average Bonchev–Trinajstić information content (AvgIpc) is 3.12. The number of hydrogen-bond acceptors (Lipinski definition) is 4. The molecule has 3 aromatic rings. The number of hydrogen-bond donors (Lipinski definition) is 0. The van der Waals surface area contributed by atoms with Gasteiger partial charge in [-0.1, -0.05) is 31.5 Å². The summed E-state index contributed by atoms with van der Waals surface area (Å²) in [6, 6.07) is 3.95. The Hall–Kier alpha value is -2.21. The molecule has 0 unspecified atom stereocenters. The quantitative estimate of drug-likeness (QED) is 0.720. The van der Waals surface area contributed by atoms with Gasteiger partial charge in [0.25, 0.3) is 0 Å². The van der Waals surface area contributed by atoms with Gasteiger partial charge < -0.3 is 0 Å². The van der Waals surface area contributed by atoms with E-state index < -0.39 is 0 Å². The van der Waals surface area contributed by atoms with Crippen molar-refractivity contribution in [2.75, 3.05) is 0 Å². The van der Waals surface area contributed by atoms with E-state index in [-0.39, 0.29) is 5.92 Å². The SMILES string of the molecule is Cc1cccnc1-n1nc(C(C)C)nc1CCn1cc(Cl)cn1. The van der Waals surface area contributed by atoms with Crippen LogP contribution < -0.4 is 0 Å². The van der Waals surface area contributed by atoms with Crippen LogP contribution in [0, 0.1) is 6.92 Å². The number of aryl methyl sites for hydroxylation is 3. The summed E-state index contributed by atoms with van der Waals surface area (Å²) in [5.74, 6) is 2.78. The highest BCUT2D eigenvalue weighted by Gasteiger charge is 2.16. The molecular formula is C16H19ClN6. The number of halogens is 1. The number of aromatic nitrogens is 6. The van der Waals surface area contributed by atoms with Crippen LogP contribution >= 0.6 is 11.6 Å². The van der Waals surface area contributed by atoms with Crippen molar-refractivity contribution in [3.8, 4) is 5.82 Å². The van der Waals surface area contributed by atoms with E-state index in [9.17, 15) is 0 Å². The Kier molecular flexibility index (Phi) is 4.43. The van der Waals surface area contributed by atoms with Crippen LogP contribution in [0.15, 0.2) is 30.7 Å². The van der Waals surface area contributed by atoms with Crippen molar-refractivity contribution in [1.29, 1.82) is 0 Å². The molecule has 0 radical (unpaired) electrons. The van der Waals surface area contributed by atoms with Crippen LogP contribution in [0.5, 0.6) is 0 Å². The van der Waals surface area contributed by atoms with E-state index in [4.69, 9.17) is 11.6 Å². The van der Waals surface area contributed by atoms with Crippen LogP contribution in [0.4, 0.5) is 0 Å². The smallest absolute Gasteiger partial charge is 0.158 e. The minimum atomic E-state index is 0.262. The molecule has 0 amide bonds. The standard InChI is InChI=1S/C16H19ClN6/c1-11(2)15-20-14(6-8-22-10-13(17)9-19-22)23(21-15)16-12(3)5-4-7-18-16/h4-5,7,9-11H,6,8H2,1-3H3. The van der Waals surface area contributed by atoms with Crippen LogP contribution in [-0.2, 0) is 13.0 Å². The maximum atomic E-state index is 5.91. The van der Waals surface area contributed by atoms with Crippen molar-refractivity contribution in [2.45, 2.75) is 39.7 Å². The van der Waals surface area contributed by atoms with Crippen molar-refractivity contribution < 1.29 is 0 Å². The largest absolute Gasteiger partial charge is 0.271 e. The van der Waals surface area contributed by atoms with E-state index >= 15 is 0 Å². The lowest BCUT2D eigenvalue weighted by atomic mass is 10.2. The lowest BCUT2D eigenvalue weighted by Gasteiger charge is -2.07. The summed E-state index contributed by atoms with van der Waals surface area (Å²) in [5, 5.41) is 9.48. The van der Waals surface area contributed by atoms with E-state index in [1.807, 2.05) is 28.4 Å². The van der Waals surface area contributed by atoms with Crippen LogP contribution in [0.3, 0.4) is 0 Å². The monoisotopic (exact) mass is 330 g/mol. The molecular weight excluding hydrogens is 312 g/mol. The first kappa shape index (κ1) is 15.7. The van der Waals surface area contributed by atoms with Crippen molar-refractivity contribution in [3.05, 3.63) is 53.0 Å². The number of rotatable bonds is 5. The molecule has 0 aliphatic carbocycles. The first-order chi connectivity index (χ1) is 11.0. The van der Waals surface area contributed by atoms with E-state index in [2.05, 4.69) is 34.0 Å². The molecule has 0 saturated carbocycles. The molecule has 0 spiro atoms. The fraction of sp³-hybridized carbons (Fsp3) is 0.375. The Morgan fingerprint density at radius 2 is 2.13 bits per heavy atom. The van der Waals surface area contributed by atoms with Crippen LogP contribution in [0.25, 0.3) is 5.82 Å². The number of pyridine rings is 1. The molecule has 0 atom stereocenters. The molecule has 0 bridgehead atoms. The van der Waals surface area contributed by atoms with Crippen molar-refractivity contribution in [3.63, 3.8) is 0 Å². The Morgan fingerprint density at radius 1 is 1.30 bits per heavy atom. The van der Waals surface area contributed by atoms with Crippen molar-refractivity contribution >= 4 is 11.6 Å². The van der Waals surface area contributed by atoms with Gasteiger partial charge in [-0.25, -0.2) is 9.97 Å². The van der Waals surface area contributed by atoms with E-state index in [0.29, 0.717) is 18.0 Å². The van der Waals surface area contributed by atoms with Gasteiger partial charge >= 0.3 is 0 Å². The molecule has 7 heteroatoms. The summed E-state index contributed by atoms with van der Waals surface area (Å²) < 4.78 is 3.65. The Morgan fingerprint density at radius 3 is 2.78 bits per heavy atom. The van der Waals surface area contributed by atoms with Gasteiger partial charge in [-0.3, -0.25) is 4.68 Å². The second-order valence-electron chi connectivity index (χ2n) is 5.77. The van der Waals surface area contributed by atoms with Gasteiger partial charge in [0, 0.05) is 31.3 Å². The summed E-state index contributed by atoms with van der Waals surface area (Å²) in [6.07, 6.45) is 5.91. The maximum Gasteiger partial charge on any atom is 0.158 e. The Bertz CT molecular complexity index is 805.